The van der Waals surface area contributed by atoms with Crippen molar-refractivity contribution < 1.29 is 29.0 Å². The molecule has 3 aromatic carbocycles. The molecule has 3 aromatic rings. The van der Waals surface area contributed by atoms with Crippen molar-refractivity contribution in [3.8, 4) is 11.1 Å². The summed E-state index contributed by atoms with van der Waals surface area (Å²) in [6.07, 6.45) is -1.38. The molecular formula is C27H25NO6. The number of rotatable bonds is 8. The van der Waals surface area contributed by atoms with Crippen molar-refractivity contribution in [2.24, 2.45) is 0 Å². The van der Waals surface area contributed by atoms with E-state index < -0.39 is 30.5 Å². The first-order valence-electron chi connectivity index (χ1n) is 11.0. The van der Waals surface area contributed by atoms with Gasteiger partial charge in [-0.15, -0.1) is 0 Å². The van der Waals surface area contributed by atoms with E-state index >= 15 is 0 Å². The molecule has 174 valence electrons. The number of fused-ring (bicyclic) bond motifs is 3. The van der Waals surface area contributed by atoms with Crippen LogP contribution in [-0.2, 0) is 25.7 Å². The molecule has 0 fully saturated rings. The van der Waals surface area contributed by atoms with Crippen molar-refractivity contribution in [3.63, 3.8) is 0 Å². The minimum absolute atomic E-state index is 0.0195. The zero-order valence-corrected chi connectivity index (χ0v) is 18.7. The first-order chi connectivity index (χ1) is 16.5. The van der Waals surface area contributed by atoms with Crippen LogP contribution < -0.4 is 0 Å². The fourth-order valence-corrected chi connectivity index (χ4v) is 4.19. The Morgan fingerprint density at radius 3 is 2.00 bits per heavy atom. The molecule has 7 heteroatoms. The van der Waals surface area contributed by atoms with Crippen LogP contribution in [0.4, 0.5) is 4.79 Å². The van der Waals surface area contributed by atoms with Crippen molar-refractivity contribution in [2.45, 2.75) is 25.0 Å². The van der Waals surface area contributed by atoms with E-state index in [1.54, 1.807) is 24.3 Å². The van der Waals surface area contributed by atoms with Gasteiger partial charge in [-0.05, 0) is 27.8 Å². The van der Waals surface area contributed by atoms with Gasteiger partial charge in [-0.3, -0.25) is 9.69 Å². The largest absolute Gasteiger partial charge is 0.481 e. The van der Waals surface area contributed by atoms with Crippen LogP contribution in [0.1, 0.15) is 29.0 Å². The van der Waals surface area contributed by atoms with E-state index in [1.165, 1.54) is 7.05 Å². The van der Waals surface area contributed by atoms with E-state index in [1.807, 2.05) is 54.6 Å². The van der Waals surface area contributed by atoms with E-state index in [-0.39, 0.29) is 19.1 Å². The van der Waals surface area contributed by atoms with Crippen LogP contribution in [0.25, 0.3) is 11.1 Å². The number of nitrogens with zero attached hydrogens (tertiary/aromatic N) is 1. The molecule has 1 atom stereocenters. The molecular weight excluding hydrogens is 434 g/mol. The maximum atomic E-state index is 12.8. The lowest BCUT2D eigenvalue weighted by atomic mass is 9.98. The molecule has 0 unspecified atom stereocenters. The molecule has 0 saturated carbocycles. The van der Waals surface area contributed by atoms with Crippen molar-refractivity contribution in [1.82, 2.24) is 4.90 Å². The zero-order valence-electron chi connectivity index (χ0n) is 18.7. The molecule has 0 saturated heterocycles. The van der Waals surface area contributed by atoms with Gasteiger partial charge in [0.15, 0.2) is 0 Å². The predicted octanol–water partition coefficient (Wildman–Crippen LogP) is 4.45. The van der Waals surface area contributed by atoms with Gasteiger partial charge in [0.2, 0.25) is 0 Å². The highest BCUT2D eigenvalue weighted by Crippen LogP contribution is 2.44. The Bertz CT molecular complexity index is 1150. The minimum Gasteiger partial charge on any atom is -0.481 e. The molecule has 0 aromatic heterocycles. The Morgan fingerprint density at radius 2 is 1.41 bits per heavy atom. The monoisotopic (exact) mass is 459 g/mol. The van der Waals surface area contributed by atoms with E-state index in [0.29, 0.717) is 0 Å². The number of carbonyl (C=O) groups excluding carboxylic acids is 2. The third kappa shape index (κ3) is 4.93. The fourth-order valence-electron chi connectivity index (χ4n) is 4.19. The fraction of sp³-hybridized carbons (Fsp3) is 0.222. The highest BCUT2D eigenvalue weighted by atomic mass is 16.6. The summed E-state index contributed by atoms with van der Waals surface area (Å²) in [5.41, 5.74) is 5.07. The third-order valence-corrected chi connectivity index (χ3v) is 5.96. The smallest absolute Gasteiger partial charge is 0.410 e. The van der Waals surface area contributed by atoms with E-state index in [4.69, 9.17) is 9.47 Å². The molecule has 34 heavy (non-hydrogen) atoms. The van der Waals surface area contributed by atoms with Gasteiger partial charge in [0.25, 0.3) is 0 Å². The maximum Gasteiger partial charge on any atom is 0.410 e. The quantitative estimate of drug-likeness (QED) is 0.500. The summed E-state index contributed by atoms with van der Waals surface area (Å²) in [6.45, 7) is 0.0460. The lowest BCUT2D eigenvalue weighted by Crippen LogP contribution is -2.45. The highest BCUT2D eigenvalue weighted by molar-refractivity contribution is 5.86. The SMILES string of the molecule is CN(C(=O)OCC1c2ccccc2-c2ccccc21)[C@@H](CC(=O)O)C(=O)OCc1ccccc1. The normalized spacial score (nSPS) is 12.9. The summed E-state index contributed by atoms with van der Waals surface area (Å²) in [6, 6.07) is 23.6. The predicted molar refractivity (Wildman–Crippen MR) is 125 cm³/mol. The van der Waals surface area contributed by atoms with Gasteiger partial charge >= 0.3 is 18.0 Å². The summed E-state index contributed by atoms with van der Waals surface area (Å²) in [5.74, 6) is -2.17. The summed E-state index contributed by atoms with van der Waals surface area (Å²) < 4.78 is 10.8. The van der Waals surface area contributed by atoms with Crippen molar-refractivity contribution in [2.75, 3.05) is 13.7 Å². The van der Waals surface area contributed by atoms with Gasteiger partial charge in [-0.1, -0.05) is 78.9 Å². The molecule has 0 heterocycles. The molecule has 1 amide bonds. The van der Waals surface area contributed by atoms with Crippen LogP contribution >= 0.6 is 0 Å². The topological polar surface area (TPSA) is 93.1 Å². The van der Waals surface area contributed by atoms with Crippen LogP contribution in [0, 0.1) is 0 Å². The van der Waals surface area contributed by atoms with Crippen molar-refractivity contribution in [1.29, 1.82) is 0 Å². The maximum absolute atomic E-state index is 12.8. The molecule has 1 aliphatic carbocycles. The van der Waals surface area contributed by atoms with Crippen LogP contribution in [-0.4, -0.2) is 47.7 Å². The number of aliphatic carboxylic acids is 1. The molecule has 0 spiro atoms. The number of carboxylic acid groups (broad SMARTS) is 1. The van der Waals surface area contributed by atoms with Gasteiger partial charge in [0.1, 0.15) is 19.3 Å². The first kappa shape index (κ1) is 23.0. The van der Waals surface area contributed by atoms with Gasteiger partial charge in [0, 0.05) is 13.0 Å². The number of ether oxygens (including phenoxy) is 2. The van der Waals surface area contributed by atoms with E-state index in [9.17, 15) is 19.5 Å². The van der Waals surface area contributed by atoms with Crippen LogP contribution in [0.5, 0.6) is 0 Å². The highest BCUT2D eigenvalue weighted by Gasteiger charge is 2.34. The first-order valence-corrected chi connectivity index (χ1v) is 11.0. The molecule has 0 aliphatic heterocycles. The Balaban J connectivity index is 1.43. The Kier molecular flexibility index (Phi) is 6.92. The number of esters is 1. The molecule has 4 rings (SSSR count). The van der Waals surface area contributed by atoms with E-state index in [2.05, 4.69) is 0 Å². The summed E-state index contributed by atoms with van der Waals surface area (Å²) in [5, 5.41) is 9.28. The lowest BCUT2D eigenvalue weighted by Gasteiger charge is -2.25. The van der Waals surface area contributed by atoms with Crippen LogP contribution in [0.15, 0.2) is 78.9 Å². The Labute approximate surface area is 197 Å². The molecule has 7 nitrogen and oxygen atoms in total. The number of carboxylic acids is 1. The van der Waals surface area contributed by atoms with Crippen molar-refractivity contribution in [3.05, 3.63) is 95.6 Å². The zero-order chi connectivity index (χ0) is 24.1. The Morgan fingerprint density at radius 1 is 0.853 bits per heavy atom. The molecule has 0 radical (unpaired) electrons. The second-order valence-corrected chi connectivity index (χ2v) is 8.12. The van der Waals surface area contributed by atoms with Gasteiger partial charge in [-0.2, -0.15) is 0 Å². The summed E-state index contributed by atoms with van der Waals surface area (Å²) in [7, 11) is 1.34. The Hall–Kier alpha value is -4.13. The number of carbonyl (C=O) groups is 3. The van der Waals surface area contributed by atoms with Crippen LogP contribution in [0.3, 0.4) is 0 Å². The summed E-state index contributed by atoms with van der Waals surface area (Å²) in [4.78, 5) is 37.8. The van der Waals surface area contributed by atoms with Gasteiger partial charge < -0.3 is 14.6 Å². The lowest BCUT2D eigenvalue weighted by molar-refractivity contribution is -0.154. The second kappa shape index (κ2) is 10.2. The molecule has 1 aliphatic rings. The number of hydrogen-bond acceptors (Lipinski definition) is 5. The average molecular weight is 459 g/mol. The standard InChI is InChI=1S/C27H25NO6/c1-28(24(15-25(29)30)26(31)33-16-18-9-3-2-4-10-18)27(32)34-17-23-21-13-7-5-11-19(21)20-12-6-8-14-22(20)23/h2-14,23-24H,15-17H2,1H3,(H,29,30)/t24-/m0/s1. The van der Waals surface area contributed by atoms with Gasteiger partial charge in [-0.25, -0.2) is 9.59 Å². The number of likely N-dealkylation sites (N-methyl/N-ethyl adjacent to an activating group) is 1. The van der Waals surface area contributed by atoms with Crippen molar-refractivity contribution >= 4 is 18.0 Å². The number of benzene rings is 3. The average Bonchev–Trinajstić information content (AvgIpc) is 3.18. The van der Waals surface area contributed by atoms with Gasteiger partial charge in [0.05, 0.1) is 6.42 Å². The molecule has 1 N–H and O–H groups in total. The van der Waals surface area contributed by atoms with E-state index in [0.717, 1.165) is 32.7 Å². The number of hydrogen-bond donors (Lipinski definition) is 1. The number of amides is 1. The summed E-state index contributed by atoms with van der Waals surface area (Å²) >= 11 is 0. The second-order valence-electron chi connectivity index (χ2n) is 8.12. The minimum atomic E-state index is -1.31. The molecule has 0 bridgehead atoms. The van der Waals surface area contributed by atoms with Crippen LogP contribution in [0.2, 0.25) is 0 Å². The third-order valence-electron chi connectivity index (χ3n) is 5.96.